The van der Waals surface area contributed by atoms with Gasteiger partial charge in [0.2, 0.25) is 0 Å². The second kappa shape index (κ2) is 9.30. The first kappa shape index (κ1) is 19.1. The molecule has 1 aromatic carbocycles. The van der Waals surface area contributed by atoms with E-state index < -0.39 is 0 Å². The Bertz CT molecular complexity index is 753. The maximum Gasteiger partial charge on any atom is 0.272 e. The van der Waals surface area contributed by atoms with E-state index in [0.717, 1.165) is 39.2 Å². The third-order valence-electron chi connectivity index (χ3n) is 5.84. The molecular weight excluding hydrogens is 350 g/mol. The molecule has 1 aromatic heterocycles. The fraction of sp³-hybridized carbons (Fsp3) is 0.478. The topological polar surface area (TPSA) is 45.7 Å². The highest BCUT2D eigenvalue weighted by Gasteiger charge is 2.36. The van der Waals surface area contributed by atoms with Crippen LogP contribution in [0.3, 0.4) is 0 Å². The number of amides is 1. The van der Waals surface area contributed by atoms with Crippen LogP contribution in [0.2, 0.25) is 0 Å². The van der Waals surface area contributed by atoms with Crippen LogP contribution in [-0.2, 0) is 11.3 Å². The van der Waals surface area contributed by atoms with Crippen LogP contribution in [0.1, 0.15) is 35.3 Å². The molecule has 4 heterocycles. The summed E-state index contributed by atoms with van der Waals surface area (Å²) in [5.41, 5.74) is 1.78. The minimum Gasteiger partial charge on any atom is -0.377 e. The molecule has 5 rings (SSSR count). The third-order valence-corrected chi connectivity index (χ3v) is 5.84. The van der Waals surface area contributed by atoms with E-state index >= 15 is 0 Å². The number of carbonyl (C=O) groups is 1. The minimum absolute atomic E-state index is 0.0746. The standard InChI is InChI=1S/C23H29N3O2/c27-23(22-9-4-5-12-24-22)26-16-20-10-11-21(17-26)25(15-20)13-6-14-28-18-19-7-2-1-3-8-19/h1-5,7-9,12,20-21H,6,10-11,13-18H2/t20-,21-/m1/s1. The number of carbonyl (C=O) groups excluding carboxylic acids is 1. The zero-order valence-corrected chi connectivity index (χ0v) is 16.4. The van der Waals surface area contributed by atoms with Crippen molar-refractivity contribution in [3.05, 3.63) is 66.0 Å². The molecule has 3 aliphatic heterocycles. The predicted molar refractivity (Wildman–Crippen MR) is 109 cm³/mol. The number of piperidine rings is 1. The number of aromatic nitrogens is 1. The van der Waals surface area contributed by atoms with Gasteiger partial charge in [0, 0.05) is 45.0 Å². The number of nitrogens with zero attached hydrogens (tertiary/aromatic N) is 3. The van der Waals surface area contributed by atoms with Gasteiger partial charge in [0.15, 0.2) is 0 Å². The van der Waals surface area contributed by atoms with Gasteiger partial charge >= 0.3 is 0 Å². The number of benzene rings is 1. The lowest BCUT2D eigenvalue weighted by molar-refractivity contribution is 0.0717. The average Bonchev–Trinajstić information content (AvgIpc) is 3.06. The van der Waals surface area contributed by atoms with Gasteiger partial charge in [0.05, 0.1) is 6.61 Å². The Kier molecular flexibility index (Phi) is 6.34. The summed E-state index contributed by atoms with van der Waals surface area (Å²) in [5, 5.41) is 0. The lowest BCUT2D eigenvalue weighted by Crippen LogP contribution is -2.45. The maximum atomic E-state index is 12.8. The van der Waals surface area contributed by atoms with Gasteiger partial charge in [0.25, 0.3) is 5.91 Å². The van der Waals surface area contributed by atoms with E-state index in [1.165, 1.54) is 18.4 Å². The van der Waals surface area contributed by atoms with Gasteiger partial charge in [0.1, 0.15) is 5.69 Å². The number of ether oxygens (including phenoxy) is 1. The molecule has 2 bridgehead atoms. The van der Waals surface area contributed by atoms with Gasteiger partial charge in [-0.2, -0.15) is 0 Å². The molecule has 2 atom stereocenters. The van der Waals surface area contributed by atoms with Crippen LogP contribution >= 0.6 is 0 Å². The highest BCUT2D eigenvalue weighted by atomic mass is 16.5. The summed E-state index contributed by atoms with van der Waals surface area (Å²) in [6.45, 7) is 5.26. The van der Waals surface area contributed by atoms with Crippen LogP contribution in [0.25, 0.3) is 0 Å². The summed E-state index contributed by atoms with van der Waals surface area (Å²) >= 11 is 0. The molecule has 3 saturated heterocycles. The number of hydrogen-bond acceptors (Lipinski definition) is 4. The molecular formula is C23H29N3O2. The summed E-state index contributed by atoms with van der Waals surface area (Å²) in [6.07, 6.45) is 5.13. The number of pyridine rings is 1. The minimum atomic E-state index is 0.0746. The molecule has 1 amide bonds. The van der Waals surface area contributed by atoms with Crippen molar-refractivity contribution in [1.29, 1.82) is 0 Å². The average molecular weight is 380 g/mol. The van der Waals surface area contributed by atoms with Crippen LogP contribution in [-0.4, -0.2) is 59.5 Å². The predicted octanol–water partition coefficient (Wildman–Crippen LogP) is 3.22. The van der Waals surface area contributed by atoms with Crippen molar-refractivity contribution in [3.63, 3.8) is 0 Å². The first-order chi connectivity index (χ1) is 13.8. The molecule has 0 spiro atoms. The van der Waals surface area contributed by atoms with Crippen molar-refractivity contribution in [1.82, 2.24) is 14.8 Å². The van der Waals surface area contributed by atoms with E-state index in [2.05, 4.69) is 22.0 Å². The quantitative estimate of drug-likeness (QED) is 0.693. The lowest BCUT2D eigenvalue weighted by Gasteiger charge is -2.35. The Morgan fingerprint density at radius 2 is 1.89 bits per heavy atom. The summed E-state index contributed by atoms with van der Waals surface area (Å²) in [5.74, 6) is 0.641. The molecule has 148 valence electrons. The highest BCUT2D eigenvalue weighted by Crippen LogP contribution is 2.28. The van der Waals surface area contributed by atoms with Gasteiger partial charge < -0.3 is 9.64 Å². The summed E-state index contributed by atoms with van der Waals surface area (Å²) in [7, 11) is 0. The Morgan fingerprint density at radius 3 is 2.71 bits per heavy atom. The second-order valence-electron chi connectivity index (χ2n) is 7.91. The normalized spacial score (nSPS) is 22.2. The Labute approximate surface area is 167 Å². The summed E-state index contributed by atoms with van der Waals surface area (Å²) < 4.78 is 5.84. The zero-order valence-electron chi connectivity index (χ0n) is 16.4. The largest absolute Gasteiger partial charge is 0.377 e. The molecule has 0 radical (unpaired) electrons. The fourth-order valence-corrected chi connectivity index (χ4v) is 4.40. The molecule has 2 aromatic rings. The van der Waals surface area contributed by atoms with Crippen molar-refractivity contribution < 1.29 is 9.53 Å². The Morgan fingerprint density at radius 1 is 1.04 bits per heavy atom. The molecule has 28 heavy (non-hydrogen) atoms. The number of hydrogen-bond donors (Lipinski definition) is 0. The summed E-state index contributed by atoms with van der Waals surface area (Å²) in [6, 6.07) is 16.3. The van der Waals surface area contributed by atoms with Gasteiger partial charge in [-0.1, -0.05) is 36.4 Å². The van der Waals surface area contributed by atoms with Crippen LogP contribution in [0.15, 0.2) is 54.7 Å². The van der Waals surface area contributed by atoms with E-state index in [0.29, 0.717) is 24.3 Å². The lowest BCUT2D eigenvalue weighted by atomic mass is 9.95. The van der Waals surface area contributed by atoms with Crippen molar-refractivity contribution in [2.45, 2.75) is 31.9 Å². The molecule has 0 saturated carbocycles. The van der Waals surface area contributed by atoms with E-state index in [1.807, 2.05) is 41.3 Å². The summed E-state index contributed by atoms with van der Waals surface area (Å²) in [4.78, 5) is 21.7. The van der Waals surface area contributed by atoms with Crippen molar-refractivity contribution in [2.75, 3.05) is 32.8 Å². The third kappa shape index (κ3) is 4.78. The Hall–Kier alpha value is -2.24. The molecule has 3 fully saturated rings. The van der Waals surface area contributed by atoms with Crippen LogP contribution < -0.4 is 0 Å². The molecule has 5 nitrogen and oxygen atoms in total. The molecule has 0 aliphatic carbocycles. The van der Waals surface area contributed by atoms with Crippen molar-refractivity contribution in [3.8, 4) is 0 Å². The van der Waals surface area contributed by atoms with E-state index in [-0.39, 0.29) is 5.91 Å². The first-order valence-corrected chi connectivity index (χ1v) is 10.4. The Balaban J connectivity index is 1.26. The number of rotatable bonds is 7. The molecule has 0 unspecified atom stereocenters. The molecule has 5 heteroatoms. The van der Waals surface area contributed by atoms with Crippen LogP contribution in [0.4, 0.5) is 0 Å². The maximum absolute atomic E-state index is 12.8. The van der Waals surface area contributed by atoms with Gasteiger partial charge in [-0.15, -0.1) is 0 Å². The van der Waals surface area contributed by atoms with Crippen molar-refractivity contribution in [2.24, 2.45) is 5.92 Å². The zero-order chi connectivity index (χ0) is 19.2. The SMILES string of the molecule is O=C(c1ccccn1)N1C[C@@H]2CC[C@H](C1)N(CCCOCc1ccccc1)C2. The van der Waals surface area contributed by atoms with Crippen molar-refractivity contribution >= 4 is 5.91 Å². The molecule has 3 aliphatic rings. The van der Waals surface area contributed by atoms with E-state index in [1.54, 1.807) is 6.20 Å². The van der Waals surface area contributed by atoms with E-state index in [9.17, 15) is 4.79 Å². The highest BCUT2D eigenvalue weighted by molar-refractivity contribution is 5.92. The monoisotopic (exact) mass is 379 g/mol. The van der Waals surface area contributed by atoms with Gasteiger partial charge in [-0.25, -0.2) is 0 Å². The van der Waals surface area contributed by atoms with E-state index in [4.69, 9.17) is 4.74 Å². The van der Waals surface area contributed by atoms with Crippen LogP contribution in [0, 0.1) is 5.92 Å². The number of fused-ring (bicyclic) bond motifs is 4. The fourth-order valence-electron chi connectivity index (χ4n) is 4.40. The second-order valence-corrected chi connectivity index (χ2v) is 7.91. The van der Waals surface area contributed by atoms with Gasteiger partial charge in [-0.3, -0.25) is 14.7 Å². The first-order valence-electron chi connectivity index (χ1n) is 10.4. The van der Waals surface area contributed by atoms with Gasteiger partial charge in [-0.05, 0) is 42.9 Å². The van der Waals surface area contributed by atoms with Crippen LogP contribution in [0.5, 0.6) is 0 Å². The smallest absolute Gasteiger partial charge is 0.272 e. The molecule has 0 N–H and O–H groups in total.